The number of hydrogen-bond acceptors (Lipinski definition) is 10. The first-order valence-electron chi connectivity index (χ1n) is 20.5. The zero-order valence-corrected chi connectivity index (χ0v) is 33.6. The molecule has 3 N–H and O–H groups in total. The zero-order chi connectivity index (χ0) is 39.8. The maximum atomic E-state index is 12.3. The zero-order valence-electron chi connectivity index (χ0n) is 33.6. The Hall–Kier alpha value is -4.04. The Morgan fingerprint density at radius 1 is 0.556 bits per heavy atom. The lowest BCUT2D eigenvalue weighted by atomic mass is 10.1. The second-order valence-corrected chi connectivity index (χ2v) is 13.9. The third-order valence-corrected chi connectivity index (χ3v) is 9.27. The van der Waals surface area contributed by atoms with Crippen LogP contribution < -0.4 is 16.0 Å². The summed E-state index contributed by atoms with van der Waals surface area (Å²) in [4.78, 5) is 83.5. The van der Waals surface area contributed by atoms with Crippen molar-refractivity contribution in [3.05, 3.63) is 0 Å². The minimum Gasteiger partial charge on any atom is -0.338 e. The van der Waals surface area contributed by atoms with Gasteiger partial charge in [-0.05, 0) is 78.1 Å². The van der Waals surface area contributed by atoms with E-state index in [0.29, 0.717) is 52.0 Å². The van der Waals surface area contributed by atoms with Gasteiger partial charge in [0.2, 0.25) is 17.7 Å². The number of urea groups is 1. The van der Waals surface area contributed by atoms with E-state index < -0.39 is 12.2 Å². The van der Waals surface area contributed by atoms with E-state index >= 15 is 0 Å². The monoisotopic (exact) mass is 764 g/mol. The molecule has 2 fully saturated rings. The number of nitrogens with one attached hydrogen (secondary N) is 3. The molecule has 0 radical (unpaired) electrons. The lowest BCUT2D eigenvalue weighted by Crippen LogP contribution is -2.45. The topological polar surface area (TPSA) is 188 Å². The second-order valence-electron chi connectivity index (χ2n) is 13.9. The Morgan fingerprint density at radius 3 is 1.46 bits per heavy atom. The molecule has 0 saturated carbocycles. The van der Waals surface area contributed by atoms with E-state index in [0.717, 1.165) is 133 Å². The molecule has 54 heavy (non-hydrogen) atoms. The first-order valence-corrected chi connectivity index (χ1v) is 20.5. The Labute approximate surface area is 323 Å². The van der Waals surface area contributed by atoms with Gasteiger partial charge < -0.3 is 16.0 Å². The van der Waals surface area contributed by atoms with E-state index in [1.165, 1.54) is 9.80 Å². The first kappa shape index (κ1) is 48.0. The lowest BCUT2D eigenvalue weighted by molar-refractivity contribution is -0.145. The molecule has 2 heterocycles. The smallest absolute Gasteiger partial charge is 0.338 e. The summed E-state index contributed by atoms with van der Waals surface area (Å²) in [6.07, 6.45) is 17.9. The van der Waals surface area contributed by atoms with Crippen LogP contribution in [0.25, 0.3) is 0 Å². The molecule has 0 spiro atoms. The van der Waals surface area contributed by atoms with Crippen LogP contribution in [0.2, 0.25) is 0 Å². The van der Waals surface area contributed by atoms with Crippen LogP contribution in [-0.2, 0) is 24.1 Å². The summed E-state index contributed by atoms with van der Waals surface area (Å²) in [7, 11) is 0. The Morgan fingerprint density at radius 2 is 0.963 bits per heavy atom. The summed E-state index contributed by atoms with van der Waals surface area (Å²) in [6, 6.07) is -0.259. The highest BCUT2D eigenvalue weighted by Crippen LogP contribution is 2.15. The number of carbonyl (C=O) groups is 6. The van der Waals surface area contributed by atoms with Crippen LogP contribution >= 0.6 is 0 Å². The molecule has 0 atom stereocenters. The Kier molecular flexibility index (Phi) is 27.8. The molecule has 7 amide bonds. The molecule has 15 nitrogen and oxygen atoms in total. The fourth-order valence-corrected chi connectivity index (χ4v) is 5.57. The number of rotatable bonds is 19. The van der Waals surface area contributed by atoms with Gasteiger partial charge in [0, 0.05) is 52.0 Å². The molecule has 0 aromatic heterocycles. The molecule has 2 aliphatic rings. The van der Waals surface area contributed by atoms with E-state index in [1.807, 2.05) is 13.8 Å². The number of carbonyl (C=O) groups excluding carboxylic acids is 6. The molecule has 0 aliphatic carbocycles. The number of likely N-dealkylation sites (tertiary alicyclic amines) is 2. The summed E-state index contributed by atoms with van der Waals surface area (Å²) in [5.74, 6) is -0.0867. The third kappa shape index (κ3) is 24.3. The van der Waals surface area contributed by atoms with Crippen molar-refractivity contribution < 1.29 is 38.4 Å². The van der Waals surface area contributed by atoms with Crippen molar-refractivity contribution in [3.8, 4) is 0 Å². The standard InChI is InChI=1S/C23H39N3O4.C16H30N4O4/c27-20(25-18-12-6-3-9-15-21(25)28)14-8-2-1-5-11-17-24-23(30)26-19-13-7-4-10-16-22(26)29;1-5-13(3)19-23-15(21)17-11-9-7-8-10-12-18-16(22)24-20-14(4)6-2/h1-19H2,(H,24,30);5-12H2,1-4H3,(H,17,21)(H,18,22)/b;19-13+,20-14+. The molecule has 0 aromatic carbocycles. The van der Waals surface area contributed by atoms with Crippen molar-refractivity contribution in [3.63, 3.8) is 0 Å². The normalized spacial score (nSPS) is 15.8. The average Bonchev–Trinajstić information content (AvgIpc) is 3.14. The van der Waals surface area contributed by atoms with Gasteiger partial charge in [-0.15, -0.1) is 0 Å². The van der Waals surface area contributed by atoms with Crippen molar-refractivity contribution in [1.82, 2.24) is 25.8 Å². The summed E-state index contributed by atoms with van der Waals surface area (Å²) < 4.78 is 0. The van der Waals surface area contributed by atoms with Gasteiger partial charge in [0.15, 0.2) is 0 Å². The minimum absolute atomic E-state index is 0.00560. The van der Waals surface area contributed by atoms with Crippen molar-refractivity contribution in [2.45, 2.75) is 169 Å². The quantitative estimate of drug-likeness (QED) is 0.0516. The minimum atomic E-state index is -0.532. The molecule has 2 aliphatic heterocycles. The summed E-state index contributed by atoms with van der Waals surface area (Å²) in [6.45, 7) is 10.2. The van der Waals surface area contributed by atoms with Crippen LogP contribution in [0, 0.1) is 0 Å². The largest absolute Gasteiger partial charge is 0.433 e. The van der Waals surface area contributed by atoms with Gasteiger partial charge in [0.05, 0.1) is 11.4 Å². The predicted octanol–water partition coefficient (Wildman–Crippen LogP) is 7.72. The molecule has 0 aromatic rings. The van der Waals surface area contributed by atoms with Crippen molar-refractivity contribution in [1.29, 1.82) is 0 Å². The maximum absolute atomic E-state index is 12.3. The van der Waals surface area contributed by atoms with Gasteiger partial charge in [-0.3, -0.25) is 33.9 Å². The van der Waals surface area contributed by atoms with Crippen LogP contribution in [-0.4, -0.2) is 89.9 Å². The molecule has 308 valence electrons. The van der Waals surface area contributed by atoms with E-state index in [4.69, 9.17) is 0 Å². The van der Waals surface area contributed by atoms with Crippen LogP contribution in [0.3, 0.4) is 0 Å². The number of imide groups is 2. The number of hydrogen-bond donors (Lipinski definition) is 3. The van der Waals surface area contributed by atoms with Gasteiger partial charge in [-0.1, -0.05) is 81.9 Å². The molecule has 15 heteroatoms. The molecule has 0 unspecified atom stereocenters. The summed E-state index contributed by atoms with van der Waals surface area (Å²) in [5, 5.41) is 15.5. The maximum Gasteiger partial charge on any atom is 0.433 e. The van der Waals surface area contributed by atoms with E-state index in [2.05, 4.69) is 35.9 Å². The van der Waals surface area contributed by atoms with E-state index in [-0.39, 0.29) is 23.8 Å². The SMILES string of the molecule is CC/C(C)=N/OC(=O)NCCCCCCNC(=O)O/N=C(\C)CC.O=C(CCCCCCCNC(=O)N1CCCCCCC1=O)N1CCCCCCC1=O. The highest BCUT2D eigenvalue weighted by Gasteiger charge is 2.22. The Bertz CT molecular complexity index is 1100. The number of unbranched alkanes of at least 4 members (excludes halogenated alkanes) is 7. The van der Waals surface area contributed by atoms with Gasteiger partial charge in [-0.25, -0.2) is 14.4 Å². The van der Waals surface area contributed by atoms with Crippen molar-refractivity contribution >= 4 is 47.4 Å². The van der Waals surface area contributed by atoms with Crippen LogP contribution in [0.1, 0.15) is 169 Å². The predicted molar refractivity (Wildman–Crippen MR) is 210 cm³/mol. The van der Waals surface area contributed by atoms with Crippen LogP contribution in [0.5, 0.6) is 0 Å². The molecule has 0 bridgehead atoms. The third-order valence-electron chi connectivity index (χ3n) is 9.27. The molecular formula is C39H69N7O8. The van der Waals surface area contributed by atoms with Crippen molar-refractivity contribution in [2.75, 3.05) is 32.7 Å². The number of nitrogens with zero attached hydrogens (tertiary/aromatic N) is 4. The van der Waals surface area contributed by atoms with Crippen LogP contribution in [0.4, 0.5) is 14.4 Å². The van der Waals surface area contributed by atoms with Crippen molar-refractivity contribution in [2.24, 2.45) is 10.3 Å². The fourth-order valence-electron chi connectivity index (χ4n) is 5.57. The average molecular weight is 764 g/mol. The number of amides is 7. The van der Waals surface area contributed by atoms with Gasteiger partial charge in [-0.2, -0.15) is 0 Å². The fraction of sp³-hybridized carbons (Fsp3) is 0.795. The number of oxime groups is 2. The Balaban J connectivity index is 0.000000556. The first-order chi connectivity index (χ1) is 26.1. The second kappa shape index (κ2) is 31.3. The van der Waals surface area contributed by atoms with E-state index in [1.54, 1.807) is 13.8 Å². The molecule has 2 saturated heterocycles. The van der Waals surface area contributed by atoms with Gasteiger partial charge in [0.1, 0.15) is 0 Å². The van der Waals surface area contributed by atoms with E-state index in [9.17, 15) is 28.8 Å². The molecular weight excluding hydrogens is 694 g/mol. The highest BCUT2D eigenvalue weighted by atomic mass is 16.7. The molecule has 2 rings (SSSR count). The van der Waals surface area contributed by atoms with Gasteiger partial charge >= 0.3 is 18.2 Å². The summed E-state index contributed by atoms with van der Waals surface area (Å²) >= 11 is 0. The highest BCUT2D eigenvalue weighted by molar-refractivity contribution is 5.95. The van der Waals surface area contributed by atoms with Gasteiger partial charge in [0.25, 0.3) is 0 Å². The summed E-state index contributed by atoms with van der Waals surface area (Å²) in [5.41, 5.74) is 1.54. The van der Waals surface area contributed by atoms with Crippen LogP contribution in [0.15, 0.2) is 10.3 Å². The lowest BCUT2D eigenvalue weighted by Gasteiger charge is -2.23.